The van der Waals surface area contributed by atoms with Gasteiger partial charge in [0.25, 0.3) is 0 Å². The maximum absolute atomic E-state index is 9.13. The Morgan fingerprint density at radius 2 is 1.95 bits per heavy atom. The molecule has 2 aromatic rings. The number of halogens is 3. The highest BCUT2D eigenvalue weighted by molar-refractivity contribution is 9.10. The van der Waals surface area contributed by atoms with E-state index in [2.05, 4.69) is 27.3 Å². The summed E-state index contributed by atoms with van der Waals surface area (Å²) < 4.78 is 0.911. The van der Waals surface area contributed by atoms with E-state index in [9.17, 15) is 0 Å². The van der Waals surface area contributed by atoms with E-state index in [0.717, 1.165) is 15.7 Å². The molecule has 1 atom stereocenters. The zero-order valence-electron chi connectivity index (χ0n) is 10.6. The fourth-order valence-electron chi connectivity index (χ4n) is 1.90. The first-order valence-electron chi connectivity index (χ1n) is 5.92. The lowest BCUT2D eigenvalue weighted by atomic mass is 10.1. The molecule has 0 unspecified atom stereocenters. The van der Waals surface area contributed by atoms with Crippen LogP contribution in [0.3, 0.4) is 0 Å². The Labute approximate surface area is 136 Å². The molecule has 0 aliphatic carbocycles. The van der Waals surface area contributed by atoms with Crippen molar-refractivity contribution in [3.8, 4) is 6.07 Å². The number of benzene rings is 2. The van der Waals surface area contributed by atoms with Crippen LogP contribution in [0.25, 0.3) is 0 Å². The lowest BCUT2D eigenvalue weighted by Crippen LogP contribution is -2.08. The van der Waals surface area contributed by atoms with Crippen molar-refractivity contribution < 1.29 is 0 Å². The zero-order chi connectivity index (χ0) is 14.7. The molecule has 20 heavy (non-hydrogen) atoms. The first-order valence-corrected chi connectivity index (χ1v) is 7.47. The van der Waals surface area contributed by atoms with Crippen molar-refractivity contribution in [1.29, 1.82) is 5.26 Å². The molecule has 1 N–H and O–H groups in total. The molecule has 102 valence electrons. The quantitative estimate of drug-likeness (QED) is 0.741. The van der Waals surface area contributed by atoms with Crippen LogP contribution in [-0.4, -0.2) is 0 Å². The van der Waals surface area contributed by atoms with Crippen LogP contribution < -0.4 is 5.32 Å². The first-order chi connectivity index (χ1) is 9.51. The van der Waals surface area contributed by atoms with E-state index in [-0.39, 0.29) is 6.04 Å². The Morgan fingerprint density at radius 3 is 2.60 bits per heavy atom. The zero-order valence-corrected chi connectivity index (χ0v) is 13.7. The van der Waals surface area contributed by atoms with Gasteiger partial charge in [-0.25, -0.2) is 0 Å². The van der Waals surface area contributed by atoms with Crippen LogP contribution in [0.5, 0.6) is 0 Å². The summed E-state index contributed by atoms with van der Waals surface area (Å²) in [6.45, 7) is 1.98. The van der Waals surface area contributed by atoms with Crippen molar-refractivity contribution in [3.05, 3.63) is 62.0 Å². The van der Waals surface area contributed by atoms with Crippen molar-refractivity contribution >= 4 is 44.8 Å². The summed E-state index contributed by atoms with van der Waals surface area (Å²) in [5.41, 5.74) is 2.28. The standard InChI is InChI=1S/C15H11BrCl2N2/c1-9(13-5-4-12(17)7-14(13)18)20-15-6-11(16)3-2-10(15)8-19/h2-7,9,20H,1H3/t9-/m1/s1. The molecule has 0 aliphatic rings. The fourth-order valence-corrected chi connectivity index (χ4v) is 2.83. The van der Waals surface area contributed by atoms with Crippen molar-refractivity contribution in [2.45, 2.75) is 13.0 Å². The number of hydrogen-bond acceptors (Lipinski definition) is 2. The van der Waals surface area contributed by atoms with Crippen LogP contribution in [0.2, 0.25) is 10.0 Å². The van der Waals surface area contributed by atoms with Crippen LogP contribution in [0.15, 0.2) is 40.9 Å². The number of nitrogens with zero attached hydrogens (tertiary/aromatic N) is 1. The molecule has 0 spiro atoms. The molecule has 0 saturated heterocycles. The van der Waals surface area contributed by atoms with Gasteiger partial charge in [-0.3, -0.25) is 0 Å². The van der Waals surface area contributed by atoms with Gasteiger partial charge in [0.15, 0.2) is 0 Å². The summed E-state index contributed by atoms with van der Waals surface area (Å²) >= 11 is 15.5. The van der Waals surface area contributed by atoms with Gasteiger partial charge in [-0.05, 0) is 42.8 Å². The van der Waals surface area contributed by atoms with E-state index in [1.807, 2.05) is 25.1 Å². The van der Waals surface area contributed by atoms with Crippen molar-refractivity contribution in [2.75, 3.05) is 5.32 Å². The van der Waals surface area contributed by atoms with Gasteiger partial charge in [0.2, 0.25) is 0 Å². The third kappa shape index (κ3) is 3.46. The van der Waals surface area contributed by atoms with E-state index < -0.39 is 0 Å². The predicted molar refractivity (Wildman–Crippen MR) is 87.4 cm³/mol. The van der Waals surface area contributed by atoms with Gasteiger partial charge in [0.05, 0.1) is 17.3 Å². The van der Waals surface area contributed by atoms with Crippen LogP contribution in [0.1, 0.15) is 24.1 Å². The molecule has 0 amide bonds. The molecule has 2 aromatic carbocycles. The number of anilines is 1. The van der Waals surface area contributed by atoms with Gasteiger partial charge < -0.3 is 5.32 Å². The molecule has 0 radical (unpaired) electrons. The highest BCUT2D eigenvalue weighted by atomic mass is 79.9. The number of hydrogen-bond donors (Lipinski definition) is 1. The van der Waals surface area contributed by atoms with Gasteiger partial charge >= 0.3 is 0 Å². The minimum atomic E-state index is -0.0406. The third-order valence-corrected chi connectivity index (χ3v) is 3.96. The summed E-state index contributed by atoms with van der Waals surface area (Å²) in [5, 5.41) is 13.6. The average Bonchev–Trinajstić information content (AvgIpc) is 2.38. The monoisotopic (exact) mass is 368 g/mol. The topological polar surface area (TPSA) is 35.8 Å². The van der Waals surface area contributed by atoms with Gasteiger partial charge in [-0.15, -0.1) is 0 Å². The summed E-state index contributed by atoms with van der Waals surface area (Å²) in [5.74, 6) is 0. The third-order valence-electron chi connectivity index (χ3n) is 2.90. The number of rotatable bonds is 3. The summed E-state index contributed by atoms with van der Waals surface area (Å²) in [6, 6.07) is 13.0. The van der Waals surface area contributed by atoms with Gasteiger partial charge in [-0.2, -0.15) is 5.26 Å². The van der Waals surface area contributed by atoms with Crippen LogP contribution in [-0.2, 0) is 0 Å². The molecule has 0 fully saturated rings. The van der Waals surface area contributed by atoms with E-state index in [1.54, 1.807) is 18.2 Å². The largest absolute Gasteiger partial charge is 0.377 e. The first kappa shape index (κ1) is 15.2. The van der Waals surface area contributed by atoms with Crippen LogP contribution in [0, 0.1) is 11.3 Å². The maximum atomic E-state index is 9.13. The lowest BCUT2D eigenvalue weighted by molar-refractivity contribution is 0.884. The number of nitrogens with one attached hydrogen (secondary N) is 1. The van der Waals surface area contributed by atoms with E-state index in [0.29, 0.717) is 15.6 Å². The van der Waals surface area contributed by atoms with E-state index in [4.69, 9.17) is 28.5 Å². The van der Waals surface area contributed by atoms with Gasteiger partial charge in [-0.1, -0.05) is 45.2 Å². The summed E-state index contributed by atoms with van der Waals surface area (Å²) in [7, 11) is 0. The Balaban J connectivity index is 2.30. The van der Waals surface area contributed by atoms with Crippen molar-refractivity contribution in [3.63, 3.8) is 0 Å². The van der Waals surface area contributed by atoms with Crippen LogP contribution in [0.4, 0.5) is 5.69 Å². The number of nitriles is 1. The van der Waals surface area contributed by atoms with E-state index in [1.165, 1.54) is 0 Å². The Hall–Kier alpha value is -1.21. The van der Waals surface area contributed by atoms with E-state index >= 15 is 0 Å². The average molecular weight is 370 g/mol. The molecule has 0 aromatic heterocycles. The second kappa shape index (κ2) is 6.49. The van der Waals surface area contributed by atoms with Crippen molar-refractivity contribution in [1.82, 2.24) is 0 Å². The smallest absolute Gasteiger partial charge is 0.101 e. The molecule has 0 bridgehead atoms. The molecule has 0 aliphatic heterocycles. The summed E-state index contributed by atoms with van der Waals surface area (Å²) in [4.78, 5) is 0. The highest BCUT2D eigenvalue weighted by Gasteiger charge is 2.12. The molecule has 0 saturated carbocycles. The normalized spacial score (nSPS) is 11.8. The predicted octanol–water partition coefficient (Wildman–Crippen LogP) is 5.80. The SMILES string of the molecule is C[C@@H](Nc1cc(Br)ccc1C#N)c1ccc(Cl)cc1Cl. The fraction of sp³-hybridized carbons (Fsp3) is 0.133. The Morgan fingerprint density at radius 1 is 1.20 bits per heavy atom. The molecule has 2 nitrogen and oxygen atoms in total. The molecular weight excluding hydrogens is 359 g/mol. The Bertz CT molecular complexity index is 680. The summed E-state index contributed by atoms with van der Waals surface area (Å²) in [6.07, 6.45) is 0. The second-order valence-electron chi connectivity index (χ2n) is 4.33. The molecular formula is C15H11BrCl2N2. The minimum Gasteiger partial charge on any atom is -0.377 e. The second-order valence-corrected chi connectivity index (χ2v) is 6.09. The van der Waals surface area contributed by atoms with Crippen molar-refractivity contribution in [2.24, 2.45) is 0 Å². The Kier molecular flexibility index (Phi) is 4.93. The molecule has 2 rings (SSSR count). The molecule has 0 heterocycles. The van der Waals surface area contributed by atoms with Crippen LogP contribution >= 0.6 is 39.1 Å². The maximum Gasteiger partial charge on any atom is 0.101 e. The molecule has 5 heteroatoms. The lowest BCUT2D eigenvalue weighted by Gasteiger charge is -2.18. The minimum absolute atomic E-state index is 0.0406. The van der Waals surface area contributed by atoms with Gasteiger partial charge in [0.1, 0.15) is 6.07 Å². The van der Waals surface area contributed by atoms with Gasteiger partial charge in [0, 0.05) is 14.5 Å². The highest BCUT2D eigenvalue weighted by Crippen LogP contribution is 2.30.